The third-order valence-corrected chi connectivity index (χ3v) is 4.70. The number of aromatic nitrogens is 1. The molecule has 1 aromatic heterocycles. The summed E-state index contributed by atoms with van der Waals surface area (Å²) >= 11 is 0. The molecule has 2 heterocycles. The first-order valence-corrected chi connectivity index (χ1v) is 8.31. The molecule has 1 aliphatic heterocycles. The fourth-order valence-electron chi connectivity index (χ4n) is 3.41. The van der Waals surface area contributed by atoms with Gasteiger partial charge in [0.15, 0.2) is 0 Å². The lowest BCUT2D eigenvalue weighted by Crippen LogP contribution is -2.39. The zero-order valence-corrected chi connectivity index (χ0v) is 14.7. The summed E-state index contributed by atoms with van der Waals surface area (Å²) in [6, 6.07) is 11.4. The molecule has 132 valence electrons. The number of methoxy groups -OCH3 is 1. The Labute approximate surface area is 147 Å². The minimum Gasteiger partial charge on any atom is -0.497 e. The van der Waals surface area contributed by atoms with Crippen LogP contribution in [0.1, 0.15) is 28.9 Å². The topological polar surface area (TPSA) is 63.6 Å². The summed E-state index contributed by atoms with van der Waals surface area (Å²) in [6.07, 6.45) is 1.86. The summed E-state index contributed by atoms with van der Waals surface area (Å²) in [7, 11) is 3.49. The van der Waals surface area contributed by atoms with Crippen LogP contribution in [0.25, 0.3) is 0 Å². The van der Waals surface area contributed by atoms with Crippen molar-refractivity contribution >= 4 is 11.8 Å². The highest BCUT2D eigenvalue weighted by atomic mass is 16.5. The number of likely N-dealkylation sites (tertiary alicyclic amines) is 1. The Morgan fingerprint density at radius 3 is 2.44 bits per heavy atom. The standard InChI is InChI=1S/C19H23N3O3/c1-13(23)20-17-12-22(19(24)18-5-4-10-21(18)2)11-16(17)14-6-8-15(25-3)9-7-14/h4-10,16-17H,11-12H2,1-3H3,(H,20,23)/t16-,17+/m0/s1. The van der Waals surface area contributed by atoms with Crippen LogP contribution in [0.2, 0.25) is 0 Å². The highest BCUT2D eigenvalue weighted by molar-refractivity contribution is 5.93. The maximum atomic E-state index is 12.8. The normalized spacial score (nSPS) is 19.7. The second-order valence-corrected chi connectivity index (χ2v) is 6.40. The van der Waals surface area contributed by atoms with Crippen LogP contribution in [0.3, 0.4) is 0 Å². The van der Waals surface area contributed by atoms with Gasteiger partial charge >= 0.3 is 0 Å². The van der Waals surface area contributed by atoms with E-state index in [-0.39, 0.29) is 23.8 Å². The van der Waals surface area contributed by atoms with Crippen molar-refractivity contribution in [3.8, 4) is 5.75 Å². The molecule has 0 unspecified atom stereocenters. The molecule has 0 aliphatic carbocycles. The molecule has 3 rings (SSSR count). The molecule has 0 spiro atoms. The van der Waals surface area contributed by atoms with E-state index in [1.807, 2.05) is 59.1 Å². The molecule has 0 bridgehead atoms. The number of amides is 2. The van der Waals surface area contributed by atoms with Crippen molar-refractivity contribution in [1.29, 1.82) is 0 Å². The van der Waals surface area contributed by atoms with E-state index in [9.17, 15) is 9.59 Å². The van der Waals surface area contributed by atoms with E-state index in [0.717, 1.165) is 11.3 Å². The molecule has 1 fully saturated rings. The van der Waals surface area contributed by atoms with Gasteiger partial charge in [-0.1, -0.05) is 12.1 Å². The SMILES string of the molecule is COc1ccc([C@@H]2CN(C(=O)c3cccn3C)C[C@H]2NC(C)=O)cc1. The van der Waals surface area contributed by atoms with Crippen LogP contribution in [0.15, 0.2) is 42.6 Å². The smallest absolute Gasteiger partial charge is 0.270 e. The van der Waals surface area contributed by atoms with E-state index in [4.69, 9.17) is 4.74 Å². The van der Waals surface area contributed by atoms with Crippen molar-refractivity contribution in [2.75, 3.05) is 20.2 Å². The molecule has 0 radical (unpaired) electrons. The monoisotopic (exact) mass is 341 g/mol. The number of hydrogen-bond donors (Lipinski definition) is 1. The number of carbonyl (C=O) groups is 2. The van der Waals surface area contributed by atoms with Gasteiger partial charge in [-0.25, -0.2) is 0 Å². The van der Waals surface area contributed by atoms with Gasteiger partial charge in [0.1, 0.15) is 11.4 Å². The van der Waals surface area contributed by atoms with Gasteiger partial charge in [-0.3, -0.25) is 9.59 Å². The number of carbonyl (C=O) groups excluding carboxylic acids is 2. The number of aryl methyl sites for hydroxylation is 1. The Balaban J connectivity index is 1.84. The quantitative estimate of drug-likeness (QED) is 0.922. The molecule has 0 saturated carbocycles. The number of benzene rings is 1. The largest absolute Gasteiger partial charge is 0.497 e. The van der Waals surface area contributed by atoms with E-state index in [2.05, 4.69) is 5.32 Å². The highest BCUT2D eigenvalue weighted by Crippen LogP contribution is 2.30. The van der Waals surface area contributed by atoms with E-state index in [1.165, 1.54) is 6.92 Å². The van der Waals surface area contributed by atoms with Crippen molar-refractivity contribution in [2.24, 2.45) is 7.05 Å². The van der Waals surface area contributed by atoms with Crippen LogP contribution >= 0.6 is 0 Å². The summed E-state index contributed by atoms with van der Waals surface area (Å²) in [4.78, 5) is 26.2. The Hall–Kier alpha value is -2.76. The lowest BCUT2D eigenvalue weighted by Gasteiger charge is -2.19. The molecule has 1 aromatic carbocycles. The van der Waals surface area contributed by atoms with Gasteiger partial charge in [0, 0.05) is 39.2 Å². The molecule has 1 aliphatic rings. The van der Waals surface area contributed by atoms with Crippen molar-refractivity contribution in [3.63, 3.8) is 0 Å². The predicted molar refractivity (Wildman–Crippen MR) is 94.7 cm³/mol. The summed E-state index contributed by atoms with van der Waals surface area (Å²) in [5.74, 6) is 0.740. The van der Waals surface area contributed by atoms with Gasteiger partial charge in [0.05, 0.1) is 13.2 Å². The first-order chi connectivity index (χ1) is 12.0. The lowest BCUT2D eigenvalue weighted by molar-refractivity contribution is -0.119. The van der Waals surface area contributed by atoms with Gasteiger partial charge in [-0.05, 0) is 29.8 Å². The van der Waals surface area contributed by atoms with Crippen LogP contribution < -0.4 is 10.1 Å². The molecular formula is C19H23N3O3. The average molecular weight is 341 g/mol. The Morgan fingerprint density at radius 1 is 1.16 bits per heavy atom. The second kappa shape index (κ2) is 7.01. The fraction of sp³-hybridized carbons (Fsp3) is 0.368. The van der Waals surface area contributed by atoms with Gasteiger partial charge in [-0.2, -0.15) is 0 Å². The first kappa shape index (κ1) is 17.1. The molecule has 2 atom stereocenters. The van der Waals surface area contributed by atoms with Crippen molar-refractivity contribution < 1.29 is 14.3 Å². The Kier molecular flexibility index (Phi) is 4.79. The molecule has 2 amide bonds. The molecule has 6 nitrogen and oxygen atoms in total. The number of nitrogens with zero attached hydrogens (tertiary/aromatic N) is 2. The third kappa shape index (κ3) is 3.52. The van der Waals surface area contributed by atoms with Crippen molar-refractivity contribution in [3.05, 3.63) is 53.9 Å². The molecule has 1 N–H and O–H groups in total. The van der Waals surface area contributed by atoms with E-state index < -0.39 is 0 Å². The zero-order chi connectivity index (χ0) is 18.0. The average Bonchev–Trinajstić information content (AvgIpc) is 3.20. The van der Waals surface area contributed by atoms with Crippen LogP contribution in [0.4, 0.5) is 0 Å². The first-order valence-electron chi connectivity index (χ1n) is 8.31. The van der Waals surface area contributed by atoms with Crippen molar-refractivity contribution in [1.82, 2.24) is 14.8 Å². The van der Waals surface area contributed by atoms with Crippen LogP contribution in [0, 0.1) is 0 Å². The van der Waals surface area contributed by atoms with E-state index >= 15 is 0 Å². The fourth-order valence-corrected chi connectivity index (χ4v) is 3.41. The second-order valence-electron chi connectivity index (χ2n) is 6.40. The Bertz CT molecular complexity index is 766. The zero-order valence-electron chi connectivity index (χ0n) is 14.7. The van der Waals surface area contributed by atoms with E-state index in [0.29, 0.717) is 18.8 Å². The van der Waals surface area contributed by atoms with E-state index in [1.54, 1.807) is 7.11 Å². The summed E-state index contributed by atoms with van der Waals surface area (Å²) < 4.78 is 7.02. The maximum absolute atomic E-state index is 12.8. The predicted octanol–water partition coefficient (Wildman–Crippen LogP) is 1.78. The number of ether oxygens (including phenoxy) is 1. The van der Waals surface area contributed by atoms with Crippen LogP contribution in [-0.4, -0.2) is 47.5 Å². The highest BCUT2D eigenvalue weighted by Gasteiger charge is 2.37. The van der Waals surface area contributed by atoms with Gasteiger partial charge in [0.2, 0.25) is 5.91 Å². The molecule has 1 saturated heterocycles. The van der Waals surface area contributed by atoms with Crippen LogP contribution in [-0.2, 0) is 11.8 Å². The number of rotatable bonds is 4. The lowest BCUT2D eigenvalue weighted by atomic mass is 9.94. The van der Waals surface area contributed by atoms with Crippen LogP contribution in [0.5, 0.6) is 5.75 Å². The summed E-state index contributed by atoms with van der Waals surface area (Å²) in [5, 5.41) is 2.99. The number of hydrogen-bond acceptors (Lipinski definition) is 3. The minimum atomic E-state index is -0.102. The molecule has 6 heteroatoms. The minimum absolute atomic E-state index is 0.0149. The summed E-state index contributed by atoms with van der Waals surface area (Å²) in [6.45, 7) is 2.58. The maximum Gasteiger partial charge on any atom is 0.270 e. The van der Waals surface area contributed by atoms with Gasteiger partial charge in [-0.15, -0.1) is 0 Å². The van der Waals surface area contributed by atoms with Gasteiger partial charge in [0.25, 0.3) is 5.91 Å². The molecular weight excluding hydrogens is 318 g/mol. The molecule has 25 heavy (non-hydrogen) atoms. The molecule has 2 aromatic rings. The number of nitrogens with one attached hydrogen (secondary N) is 1. The van der Waals surface area contributed by atoms with Gasteiger partial charge < -0.3 is 19.5 Å². The van der Waals surface area contributed by atoms with Crippen molar-refractivity contribution in [2.45, 2.75) is 18.9 Å². The third-order valence-electron chi connectivity index (χ3n) is 4.70. The Morgan fingerprint density at radius 2 is 1.88 bits per heavy atom. The summed E-state index contributed by atoms with van der Waals surface area (Å²) in [5.41, 5.74) is 1.73.